The Morgan fingerprint density at radius 2 is 2.05 bits per heavy atom. The van der Waals surface area contributed by atoms with Gasteiger partial charge >= 0.3 is 5.97 Å². The van der Waals surface area contributed by atoms with E-state index in [0.29, 0.717) is 10.6 Å². The highest BCUT2D eigenvalue weighted by molar-refractivity contribution is 6.32. The van der Waals surface area contributed by atoms with Crippen molar-refractivity contribution in [2.75, 3.05) is 0 Å². The fourth-order valence-corrected chi connectivity index (χ4v) is 1.72. The number of ether oxygens (including phenoxy) is 1. The first kappa shape index (κ1) is 14.2. The van der Waals surface area contributed by atoms with Gasteiger partial charge in [0.15, 0.2) is 0 Å². The van der Waals surface area contributed by atoms with Gasteiger partial charge in [-0.3, -0.25) is 4.98 Å². The summed E-state index contributed by atoms with van der Waals surface area (Å²) in [5.41, 5.74) is 0.381. The lowest BCUT2D eigenvalue weighted by molar-refractivity contribution is -0.131. The van der Waals surface area contributed by atoms with Crippen molar-refractivity contribution in [1.29, 1.82) is 0 Å². The minimum atomic E-state index is -1.17. The highest BCUT2D eigenvalue weighted by atomic mass is 35.5. The van der Waals surface area contributed by atoms with Crippen molar-refractivity contribution < 1.29 is 14.6 Å². The summed E-state index contributed by atoms with van der Waals surface area (Å²) in [7, 11) is 0. The maximum atomic E-state index is 11.9. The Kier molecular flexibility index (Phi) is 4.50. The van der Waals surface area contributed by atoms with Gasteiger partial charge in [0.05, 0.1) is 10.6 Å². The van der Waals surface area contributed by atoms with Crippen molar-refractivity contribution in [2.24, 2.45) is 0 Å². The Morgan fingerprint density at radius 1 is 1.30 bits per heavy atom. The van der Waals surface area contributed by atoms with Crippen molar-refractivity contribution >= 4 is 17.6 Å². The number of aliphatic hydroxyl groups excluding tert-OH is 1. The van der Waals surface area contributed by atoms with Gasteiger partial charge in [-0.05, 0) is 18.2 Å². The molecule has 0 aliphatic rings. The van der Waals surface area contributed by atoms with Crippen LogP contribution in [0.1, 0.15) is 11.7 Å². The average molecular weight is 290 g/mol. The van der Waals surface area contributed by atoms with Crippen molar-refractivity contribution in [3.63, 3.8) is 0 Å². The summed E-state index contributed by atoms with van der Waals surface area (Å²) < 4.78 is 5.10. The third-order valence-electron chi connectivity index (χ3n) is 2.63. The summed E-state index contributed by atoms with van der Waals surface area (Å²) in [6.07, 6.45) is 1.86. The second kappa shape index (κ2) is 6.32. The Balaban J connectivity index is 2.10. The molecule has 1 N–H and O–H groups in total. The Hall–Kier alpha value is -2.17. The van der Waals surface area contributed by atoms with Crippen molar-refractivity contribution in [3.8, 4) is 5.75 Å². The first-order valence-corrected chi connectivity index (χ1v) is 6.21. The zero-order valence-electron chi connectivity index (χ0n) is 10.5. The van der Waals surface area contributed by atoms with E-state index < -0.39 is 12.1 Å². The van der Waals surface area contributed by atoms with Crippen LogP contribution in [0.4, 0.5) is 0 Å². The fraction of sp³-hybridized carbons (Fsp3) is 0.0667. The summed E-state index contributed by atoms with van der Waals surface area (Å²) in [6.45, 7) is 3.56. The molecule has 20 heavy (non-hydrogen) atoms. The molecule has 0 radical (unpaired) electrons. The van der Waals surface area contributed by atoms with Crippen LogP contribution < -0.4 is 4.74 Å². The number of halogens is 1. The van der Waals surface area contributed by atoms with Crippen molar-refractivity contribution in [3.05, 3.63) is 71.5 Å². The van der Waals surface area contributed by atoms with Crippen LogP contribution >= 0.6 is 11.6 Å². The van der Waals surface area contributed by atoms with Crippen LogP contribution in [0, 0.1) is 0 Å². The van der Waals surface area contributed by atoms with Gasteiger partial charge in [-0.1, -0.05) is 36.4 Å². The van der Waals surface area contributed by atoms with Crippen LogP contribution in [0.25, 0.3) is 0 Å². The molecule has 1 heterocycles. The lowest BCUT2D eigenvalue weighted by atomic mass is 10.1. The summed E-state index contributed by atoms with van der Waals surface area (Å²) in [4.78, 5) is 15.8. The molecule has 0 aliphatic carbocycles. The van der Waals surface area contributed by atoms with Crippen LogP contribution in [0.2, 0.25) is 5.02 Å². The number of nitrogens with zero attached hydrogens (tertiary/aromatic N) is 1. The zero-order chi connectivity index (χ0) is 14.5. The molecule has 5 heteroatoms. The standard InChI is InChI=1S/C15H12ClNO3/c1-10(14(18)11-5-4-8-17-9-11)15(19)20-13-7-3-2-6-12(13)16/h2-9,14,18H,1H2. The first-order valence-electron chi connectivity index (χ1n) is 5.83. The van der Waals surface area contributed by atoms with E-state index in [4.69, 9.17) is 16.3 Å². The van der Waals surface area contributed by atoms with Gasteiger partial charge in [0.1, 0.15) is 11.9 Å². The number of pyridine rings is 1. The zero-order valence-corrected chi connectivity index (χ0v) is 11.2. The molecular weight excluding hydrogens is 278 g/mol. The molecule has 2 aromatic rings. The van der Waals surface area contributed by atoms with E-state index in [0.717, 1.165) is 0 Å². The average Bonchev–Trinajstić information content (AvgIpc) is 2.49. The number of aromatic nitrogens is 1. The number of hydrogen-bond acceptors (Lipinski definition) is 4. The molecule has 0 aliphatic heterocycles. The van der Waals surface area contributed by atoms with Gasteiger partial charge in [-0.2, -0.15) is 0 Å². The molecule has 0 bridgehead atoms. The molecule has 0 spiro atoms. The Bertz CT molecular complexity index is 628. The smallest absolute Gasteiger partial charge is 0.341 e. The van der Waals surface area contributed by atoms with Gasteiger partial charge in [0.2, 0.25) is 0 Å². The second-order valence-corrected chi connectivity index (χ2v) is 4.44. The predicted octanol–water partition coefficient (Wildman–Crippen LogP) is 2.93. The van der Waals surface area contributed by atoms with Crippen molar-refractivity contribution in [2.45, 2.75) is 6.10 Å². The minimum Gasteiger partial charge on any atom is -0.422 e. The largest absolute Gasteiger partial charge is 0.422 e. The molecule has 2 rings (SSSR count). The quantitative estimate of drug-likeness (QED) is 0.534. The molecule has 1 unspecified atom stereocenters. The maximum absolute atomic E-state index is 11.9. The van der Waals surface area contributed by atoms with Crippen LogP contribution in [0.5, 0.6) is 5.75 Å². The highest BCUT2D eigenvalue weighted by Gasteiger charge is 2.21. The molecule has 4 nitrogen and oxygen atoms in total. The molecule has 0 fully saturated rings. The highest BCUT2D eigenvalue weighted by Crippen LogP contribution is 2.26. The molecule has 1 aromatic heterocycles. The normalized spacial score (nSPS) is 11.7. The van der Waals surface area contributed by atoms with Crippen LogP contribution in [0.3, 0.4) is 0 Å². The molecule has 0 amide bonds. The van der Waals surface area contributed by atoms with Gasteiger partial charge < -0.3 is 9.84 Å². The molecule has 0 saturated carbocycles. The number of hydrogen-bond donors (Lipinski definition) is 1. The van der Waals surface area contributed by atoms with Crippen LogP contribution in [0.15, 0.2) is 60.9 Å². The lowest BCUT2D eigenvalue weighted by Gasteiger charge is -2.13. The second-order valence-electron chi connectivity index (χ2n) is 4.03. The number of benzene rings is 1. The van der Waals surface area contributed by atoms with Gasteiger partial charge in [-0.15, -0.1) is 0 Å². The topological polar surface area (TPSA) is 59.4 Å². The monoisotopic (exact) mass is 289 g/mol. The summed E-state index contributed by atoms with van der Waals surface area (Å²) in [5, 5.41) is 10.3. The number of carbonyl (C=O) groups excluding carboxylic acids is 1. The van der Waals surface area contributed by atoms with E-state index in [1.165, 1.54) is 6.20 Å². The minimum absolute atomic E-state index is 0.0853. The third kappa shape index (κ3) is 3.23. The van der Waals surface area contributed by atoms with E-state index in [9.17, 15) is 9.90 Å². The van der Waals surface area contributed by atoms with Gasteiger partial charge in [0.25, 0.3) is 0 Å². The van der Waals surface area contributed by atoms with Crippen LogP contribution in [-0.2, 0) is 4.79 Å². The van der Waals surface area contributed by atoms with E-state index in [1.54, 1.807) is 42.6 Å². The number of carbonyl (C=O) groups is 1. The summed E-state index contributed by atoms with van der Waals surface area (Å²) in [6, 6.07) is 9.87. The first-order chi connectivity index (χ1) is 9.59. The van der Waals surface area contributed by atoms with Crippen LogP contribution in [-0.4, -0.2) is 16.1 Å². The molecule has 0 saturated heterocycles. The maximum Gasteiger partial charge on any atom is 0.341 e. The van der Waals surface area contributed by atoms with E-state index in [1.807, 2.05) is 0 Å². The molecular formula is C15H12ClNO3. The Morgan fingerprint density at radius 3 is 2.70 bits per heavy atom. The van der Waals surface area contributed by atoms with Gasteiger partial charge in [-0.25, -0.2) is 4.79 Å². The fourth-order valence-electron chi connectivity index (χ4n) is 1.54. The van der Waals surface area contributed by atoms with Crippen molar-refractivity contribution in [1.82, 2.24) is 4.98 Å². The molecule has 1 atom stereocenters. The predicted molar refractivity (Wildman–Crippen MR) is 75.4 cm³/mol. The summed E-state index contributed by atoms with van der Waals surface area (Å²) >= 11 is 5.89. The molecule has 1 aromatic carbocycles. The number of rotatable bonds is 4. The van der Waals surface area contributed by atoms with E-state index in [2.05, 4.69) is 11.6 Å². The Labute approximate surface area is 121 Å². The SMILES string of the molecule is C=C(C(=O)Oc1ccccc1Cl)C(O)c1cccnc1. The third-order valence-corrected chi connectivity index (χ3v) is 2.94. The number of para-hydroxylation sites is 1. The molecule has 102 valence electrons. The lowest BCUT2D eigenvalue weighted by Crippen LogP contribution is -2.16. The number of esters is 1. The number of aliphatic hydroxyl groups is 1. The van der Waals surface area contributed by atoms with E-state index >= 15 is 0 Å². The van der Waals surface area contributed by atoms with Gasteiger partial charge in [0, 0.05) is 18.0 Å². The van der Waals surface area contributed by atoms with E-state index in [-0.39, 0.29) is 11.3 Å². The summed E-state index contributed by atoms with van der Waals surface area (Å²) in [5.74, 6) is -0.520.